The third kappa shape index (κ3) is 3.05. The van der Waals surface area contributed by atoms with Crippen LogP contribution in [0.5, 0.6) is 0 Å². The SMILES string of the molecule is CC1CCN(Cc2c(F)cccc2CN)CC1. The Morgan fingerprint density at radius 1 is 1.35 bits per heavy atom. The van der Waals surface area contributed by atoms with E-state index in [0.29, 0.717) is 13.1 Å². The fourth-order valence-electron chi connectivity index (χ4n) is 2.42. The number of hydrogen-bond acceptors (Lipinski definition) is 2. The minimum atomic E-state index is -0.119. The minimum absolute atomic E-state index is 0.119. The summed E-state index contributed by atoms with van der Waals surface area (Å²) < 4.78 is 13.8. The molecule has 2 N–H and O–H groups in total. The van der Waals surface area contributed by atoms with Crippen LogP contribution in [0.4, 0.5) is 4.39 Å². The lowest BCUT2D eigenvalue weighted by Gasteiger charge is -2.30. The monoisotopic (exact) mass is 236 g/mol. The first-order valence-electron chi connectivity index (χ1n) is 6.39. The van der Waals surface area contributed by atoms with Crippen molar-refractivity contribution in [2.75, 3.05) is 13.1 Å². The molecule has 1 aliphatic rings. The van der Waals surface area contributed by atoms with Crippen LogP contribution >= 0.6 is 0 Å². The van der Waals surface area contributed by atoms with Crippen LogP contribution in [-0.4, -0.2) is 18.0 Å². The second-order valence-electron chi connectivity index (χ2n) is 5.04. The topological polar surface area (TPSA) is 29.3 Å². The van der Waals surface area contributed by atoms with Crippen molar-refractivity contribution < 1.29 is 4.39 Å². The molecule has 1 heterocycles. The molecule has 2 nitrogen and oxygen atoms in total. The van der Waals surface area contributed by atoms with Gasteiger partial charge in [-0.05, 0) is 43.5 Å². The number of benzene rings is 1. The molecule has 0 spiro atoms. The van der Waals surface area contributed by atoms with Crippen molar-refractivity contribution in [2.45, 2.75) is 32.9 Å². The molecular formula is C14H21FN2. The van der Waals surface area contributed by atoms with Gasteiger partial charge in [0.15, 0.2) is 0 Å². The Bertz CT molecular complexity index is 370. The lowest BCUT2D eigenvalue weighted by Crippen LogP contribution is -2.33. The van der Waals surface area contributed by atoms with Gasteiger partial charge in [0.25, 0.3) is 0 Å². The van der Waals surface area contributed by atoms with E-state index in [0.717, 1.165) is 30.1 Å². The molecule has 1 aromatic rings. The zero-order chi connectivity index (χ0) is 12.3. The molecule has 0 radical (unpaired) electrons. The van der Waals surface area contributed by atoms with Crippen molar-refractivity contribution in [3.05, 3.63) is 35.1 Å². The van der Waals surface area contributed by atoms with Crippen LogP contribution in [0.1, 0.15) is 30.9 Å². The predicted molar refractivity (Wildman–Crippen MR) is 68.0 cm³/mol. The van der Waals surface area contributed by atoms with Gasteiger partial charge < -0.3 is 5.73 Å². The Hall–Kier alpha value is -0.930. The van der Waals surface area contributed by atoms with Gasteiger partial charge in [-0.1, -0.05) is 19.1 Å². The first kappa shape index (κ1) is 12.5. The molecule has 2 rings (SSSR count). The normalized spacial score (nSPS) is 18.5. The quantitative estimate of drug-likeness (QED) is 0.873. The maximum atomic E-state index is 13.8. The summed E-state index contributed by atoms with van der Waals surface area (Å²) in [4.78, 5) is 2.33. The van der Waals surface area contributed by atoms with Crippen LogP contribution < -0.4 is 5.73 Å². The van der Waals surface area contributed by atoms with E-state index in [-0.39, 0.29) is 5.82 Å². The molecule has 0 amide bonds. The molecule has 1 fully saturated rings. The Labute approximate surface area is 103 Å². The maximum Gasteiger partial charge on any atom is 0.128 e. The Kier molecular flexibility index (Phi) is 4.13. The lowest BCUT2D eigenvalue weighted by atomic mass is 9.98. The van der Waals surface area contributed by atoms with Crippen LogP contribution in [0, 0.1) is 11.7 Å². The number of rotatable bonds is 3. The van der Waals surface area contributed by atoms with Crippen LogP contribution in [0.3, 0.4) is 0 Å². The molecule has 0 aliphatic carbocycles. The molecule has 17 heavy (non-hydrogen) atoms. The van der Waals surface area contributed by atoms with Crippen molar-refractivity contribution >= 4 is 0 Å². The van der Waals surface area contributed by atoms with Crippen molar-refractivity contribution in [2.24, 2.45) is 11.7 Å². The van der Waals surface area contributed by atoms with Gasteiger partial charge in [-0.25, -0.2) is 4.39 Å². The molecule has 0 atom stereocenters. The number of piperidine rings is 1. The molecule has 1 aliphatic heterocycles. The van der Waals surface area contributed by atoms with E-state index in [1.54, 1.807) is 6.07 Å². The van der Waals surface area contributed by atoms with Crippen LogP contribution in [0.15, 0.2) is 18.2 Å². The van der Waals surface area contributed by atoms with E-state index in [9.17, 15) is 4.39 Å². The van der Waals surface area contributed by atoms with Gasteiger partial charge in [-0.15, -0.1) is 0 Å². The summed E-state index contributed by atoms with van der Waals surface area (Å²) in [7, 11) is 0. The fourth-order valence-corrected chi connectivity index (χ4v) is 2.42. The van der Waals surface area contributed by atoms with E-state index in [4.69, 9.17) is 5.73 Å². The zero-order valence-corrected chi connectivity index (χ0v) is 10.5. The van der Waals surface area contributed by atoms with Gasteiger partial charge in [-0.3, -0.25) is 4.90 Å². The summed E-state index contributed by atoms with van der Waals surface area (Å²) in [5.74, 6) is 0.687. The Balaban J connectivity index is 2.07. The summed E-state index contributed by atoms with van der Waals surface area (Å²) in [6.07, 6.45) is 2.43. The molecule has 1 aromatic carbocycles. The highest BCUT2D eigenvalue weighted by Crippen LogP contribution is 2.21. The zero-order valence-electron chi connectivity index (χ0n) is 10.5. The first-order valence-corrected chi connectivity index (χ1v) is 6.39. The number of nitrogens with zero attached hydrogens (tertiary/aromatic N) is 1. The smallest absolute Gasteiger partial charge is 0.128 e. The molecule has 0 unspecified atom stereocenters. The molecule has 1 saturated heterocycles. The van der Waals surface area contributed by atoms with Crippen LogP contribution in [-0.2, 0) is 13.1 Å². The highest BCUT2D eigenvalue weighted by atomic mass is 19.1. The summed E-state index contributed by atoms with van der Waals surface area (Å²) in [5.41, 5.74) is 7.38. The third-order valence-electron chi connectivity index (χ3n) is 3.69. The molecule has 3 heteroatoms. The van der Waals surface area contributed by atoms with E-state index >= 15 is 0 Å². The van der Waals surface area contributed by atoms with Gasteiger partial charge in [-0.2, -0.15) is 0 Å². The van der Waals surface area contributed by atoms with Gasteiger partial charge in [0.2, 0.25) is 0 Å². The highest BCUT2D eigenvalue weighted by molar-refractivity contribution is 5.28. The highest BCUT2D eigenvalue weighted by Gasteiger charge is 2.18. The van der Waals surface area contributed by atoms with Crippen molar-refractivity contribution in [1.29, 1.82) is 0 Å². The van der Waals surface area contributed by atoms with Gasteiger partial charge in [0.05, 0.1) is 0 Å². The number of hydrogen-bond donors (Lipinski definition) is 1. The number of nitrogens with two attached hydrogens (primary N) is 1. The van der Waals surface area contributed by atoms with Gasteiger partial charge >= 0.3 is 0 Å². The largest absolute Gasteiger partial charge is 0.326 e. The molecule has 94 valence electrons. The predicted octanol–water partition coefficient (Wildman–Crippen LogP) is 2.52. The second kappa shape index (κ2) is 5.61. The van der Waals surface area contributed by atoms with Crippen molar-refractivity contribution in [1.82, 2.24) is 4.90 Å². The van der Waals surface area contributed by atoms with Gasteiger partial charge in [0, 0.05) is 18.7 Å². The second-order valence-corrected chi connectivity index (χ2v) is 5.04. The molecule has 0 saturated carbocycles. The standard InChI is InChI=1S/C14H21FN2/c1-11-5-7-17(8-6-11)10-13-12(9-16)3-2-4-14(13)15/h2-4,11H,5-10,16H2,1H3. The van der Waals surface area contributed by atoms with E-state index < -0.39 is 0 Å². The Morgan fingerprint density at radius 2 is 2.06 bits per heavy atom. The first-order chi connectivity index (χ1) is 8.20. The minimum Gasteiger partial charge on any atom is -0.326 e. The fraction of sp³-hybridized carbons (Fsp3) is 0.571. The molecule has 0 bridgehead atoms. The summed E-state index contributed by atoms with van der Waals surface area (Å²) in [6.45, 7) is 5.54. The van der Waals surface area contributed by atoms with E-state index in [2.05, 4.69) is 11.8 Å². The summed E-state index contributed by atoms with van der Waals surface area (Å²) in [6, 6.07) is 5.19. The summed E-state index contributed by atoms with van der Waals surface area (Å²) >= 11 is 0. The molecule has 0 aromatic heterocycles. The number of likely N-dealkylation sites (tertiary alicyclic amines) is 1. The Morgan fingerprint density at radius 3 is 2.71 bits per heavy atom. The number of halogens is 1. The lowest BCUT2D eigenvalue weighted by molar-refractivity contribution is 0.183. The van der Waals surface area contributed by atoms with Gasteiger partial charge in [0.1, 0.15) is 5.82 Å². The average Bonchev–Trinajstić information content (AvgIpc) is 2.34. The van der Waals surface area contributed by atoms with Crippen LogP contribution in [0.25, 0.3) is 0 Å². The summed E-state index contributed by atoms with van der Waals surface area (Å²) in [5, 5.41) is 0. The van der Waals surface area contributed by atoms with Crippen molar-refractivity contribution in [3.8, 4) is 0 Å². The van der Waals surface area contributed by atoms with E-state index in [1.807, 2.05) is 6.07 Å². The average molecular weight is 236 g/mol. The van der Waals surface area contributed by atoms with E-state index in [1.165, 1.54) is 18.9 Å². The molecular weight excluding hydrogens is 215 g/mol. The maximum absolute atomic E-state index is 13.8. The third-order valence-corrected chi connectivity index (χ3v) is 3.69. The van der Waals surface area contributed by atoms with Crippen molar-refractivity contribution in [3.63, 3.8) is 0 Å². The van der Waals surface area contributed by atoms with Crippen LogP contribution in [0.2, 0.25) is 0 Å².